The lowest BCUT2D eigenvalue weighted by Crippen LogP contribution is -2.27. The summed E-state index contributed by atoms with van der Waals surface area (Å²) in [7, 11) is 1.34. The van der Waals surface area contributed by atoms with Gasteiger partial charge >= 0.3 is 5.97 Å². The third kappa shape index (κ3) is 3.82. The molecule has 2 aromatic carbocycles. The monoisotopic (exact) mass is 392 g/mol. The molecule has 0 aliphatic heterocycles. The molecule has 0 saturated carbocycles. The molecule has 28 heavy (non-hydrogen) atoms. The Kier molecular flexibility index (Phi) is 5.21. The molecule has 5 nitrogen and oxygen atoms in total. The zero-order chi connectivity index (χ0) is 19.5. The van der Waals surface area contributed by atoms with E-state index in [1.54, 1.807) is 35.6 Å². The molecule has 0 fully saturated rings. The molecule has 1 heterocycles. The highest BCUT2D eigenvalue weighted by Crippen LogP contribution is 2.35. The summed E-state index contributed by atoms with van der Waals surface area (Å²) in [5.74, 6) is -0.544. The van der Waals surface area contributed by atoms with E-state index < -0.39 is 5.97 Å². The number of hydrogen-bond acceptors (Lipinski definition) is 5. The Morgan fingerprint density at radius 3 is 2.75 bits per heavy atom. The quantitative estimate of drug-likeness (QED) is 0.671. The summed E-state index contributed by atoms with van der Waals surface area (Å²) in [5.41, 5.74) is 3.25. The van der Waals surface area contributed by atoms with Crippen molar-refractivity contribution in [2.24, 2.45) is 5.92 Å². The van der Waals surface area contributed by atoms with Crippen LogP contribution in [0.15, 0.2) is 54.6 Å². The number of methoxy groups -OCH3 is 1. The fourth-order valence-corrected chi connectivity index (χ4v) is 4.58. The Morgan fingerprint density at radius 2 is 1.96 bits per heavy atom. The van der Waals surface area contributed by atoms with Crippen molar-refractivity contribution in [1.29, 1.82) is 0 Å². The molecule has 3 aromatic rings. The van der Waals surface area contributed by atoms with Gasteiger partial charge in [0.15, 0.2) is 0 Å². The topological polar surface area (TPSA) is 68.3 Å². The van der Waals surface area contributed by atoms with Gasteiger partial charge in [0.1, 0.15) is 5.01 Å². The Morgan fingerprint density at radius 1 is 1.14 bits per heavy atom. The number of ether oxygens (including phenoxy) is 1. The Labute approximate surface area is 167 Å². The number of aromatic nitrogens is 1. The summed E-state index contributed by atoms with van der Waals surface area (Å²) in [6.45, 7) is 0. The van der Waals surface area contributed by atoms with E-state index in [1.807, 2.05) is 18.2 Å². The zero-order valence-corrected chi connectivity index (χ0v) is 16.3. The molecule has 0 bridgehead atoms. The number of carbonyl (C=O) groups is 2. The van der Waals surface area contributed by atoms with Crippen LogP contribution >= 0.6 is 11.3 Å². The van der Waals surface area contributed by atoms with Gasteiger partial charge in [-0.05, 0) is 37.5 Å². The van der Waals surface area contributed by atoms with Gasteiger partial charge in [0.25, 0.3) is 0 Å². The number of nitrogens with zero attached hydrogens (tertiary/aromatic N) is 1. The molecule has 0 radical (unpaired) electrons. The summed E-state index contributed by atoms with van der Waals surface area (Å²) >= 11 is 1.67. The van der Waals surface area contributed by atoms with Crippen molar-refractivity contribution in [2.45, 2.75) is 19.3 Å². The fourth-order valence-electron chi connectivity index (χ4n) is 3.39. The Hall–Kier alpha value is -2.99. The van der Waals surface area contributed by atoms with E-state index in [4.69, 9.17) is 9.72 Å². The first-order valence-electron chi connectivity index (χ1n) is 9.17. The highest BCUT2D eigenvalue weighted by molar-refractivity contribution is 7.15. The highest BCUT2D eigenvalue weighted by atomic mass is 32.1. The number of esters is 1. The minimum atomic E-state index is -0.420. The minimum Gasteiger partial charge on any atom is -0.465 e. The van der Waals surface area contributed by atoms with E-state index in [2.05, 4.69) is 17.4 Å². The van der Waals surface area contributed by atoms with Crippen LogP contribution in [0.3, 0.4) is 0 Å². The predicted octanol–water partition coefficient (Wildman–Crippen LogP) is 4.34. The number of carbonyl (C=O) groups excluding carboxylic acids is 2. The predicted molar refractivity (Wildman–Crippen MR) is 109 cm³/mol. The van der Waals surface area contributed by atoms with Gasteiger partial charge in [-0.25, -0.2) is 9.78 Å². The van der Waals surface area contributed by atoms with Crippen molar-refractivity contribution < 1.29 is 14.3 Å². The van der Waals surface area contributed by atoms with Gasteiger partial charge < -0.3 is 10.1 Å². The maximum absolute atomic E-state index is 12.8. The lowest BCUT2D eigenvalue weighted by Gasteiger charge is -2.20. The van der Waals surface area contributed by atoms with E-state index in [0.717, 1.165) is 29.1 Å². The van der Waals surface area contributed by atoms with Crippen LogP contribution < -0.4 is 5.32 Å². The molecule has 0 spiro atoms. The van der Waals surface area contributed by atoms with Gasteiger partial charge in [-0.15, -0.1) is 11.3 Å². The van der Waals surface area contributed by atoms with Crippen molar-refractivity contribution in [3.63, 3.8) is 0 Å². The van der Waals surface area contributed by atoms with Crippen LogP contribution in [0, 0.1) is 5.92 Å². The number of anilines is 1. The van der Waals surface area contributed by atoms with Crippen molar-refractivity contribution in [3.05, 3.63) is 70.7 Å². The number of aryl methyl sites for hydroxylation is 1. The van der Waals surface area contributed by atoms with Crippen molar-refractivity contribution >= 4 is 28.9 Å². The van der Waals surface area contributed by atoms with E-state index in [0.29, 0.717) is 17.7 Å². The second-order valence-corrected chi connectivity index (χ2v) is 7.84. The molecule has 1 unspecified atom stereocenters. The standard InChI is InChI=1S/C22H20N2O3S/c1-27-22(26)16-8-5-9-17(12-16)23-20(25)15-10-11-18-19(13-15)28-21(24-18)14-6-3-2-4-7-14/h2-9,12,15H,10-11,13H2,1H3,(H,23,25). The van der Waals surface area contributed by atoms with Crippen molar-refractivity contribution in [3.8, 4) is 10.6 Å². The van der Waals surface area contributed by atoms with Gasteiger partial charge in [0.2, 0.25) is 5.91 Å². The van der Waals surface area contributed by atoms with Crippen LogP contribution in [0.4, 0.5) is 5.69 Å². The highest BCUT2D eigenvalue weighted by Gasteiger charge is 2.28. The Bertz CT molecular complexity index is 1010. The first-order valence-corrected chi connectivity index (χ1v) is 9.99. The number of thiazole rings is 1. The van der Waals surface area contributed by atoms with Gasteiger partial charge in [-0.3, -0.25) is 4.79 Å². The molecule has 6 heteroatoms. The van der Waals surface area contributed by atoms with E-state index >= 15 is 0 Å². The number of amides is 1. The van der Waals surface area contributed by atoms with Gasteiger partial charge in [0.05, 0.1) is 18.4 Å². The average Bonchev–Trinajstić information content (AvgIpc) is 3.17. The molecule has 1 aromatic heterocycles. The lowest BCUT2D eigenvalue weighted by atomic mass is 9.90. The third-order valence-electron chi connectivity index (χ3n) is 4.88. The van der Waals surface area contributed by atoms with Crippen molar-refractivity contribution in [1.82, 2.24) is 4.98 Å². The SMILES string of the molecule is COC(=O)c1cccc(NC(=O)C2CCc3nc(-c4ccccc4)sc3C2)c1. The minimum absolute atomic E-state index is 0.0256. The van der Waals surface area contributed by atoms with E-state index in [9.17, 15) is 9.59 Å². The number of rotatable bonds is 4. The van der Waals surface area contributed by atoms with Gasteiger partial charge in [0, 0.05) is 22.0 Å². The second-order valence-electron chi connectivity index (χ2n) is 6.76. The van der Waals surface area contributed by atoms with E-state index in [1.165, 1.54) is 12.0 Å². The van der Waals surface area contributed by atoms with Gasteiger partial charge in [-0.1, -0.05) is 36.4 Å². The largest absolute Gasteiger partial charge is 0.465 e. The maximum atomic E-state index is 12.8. The van der Waals surface area contributed by atoms with E-state index in [-0.39, 0.29) is 11.8 Å². The smallest absolute Gasteiger partial charge is 0.337 e. The molecule has 142 valence electrons. The zero-order valence-electron chi connectivity index (χ0n) is 15.5. The molecule has 1 N–H and O–H groups in total. The number of nitrogens with one attached hydrogen (secondary N) is 1. The molecule has 1 aliphatic carbocycles. The lowest BCUT2D eigenvalue weighted by molar-refractivity contribution is -0.120. The average molecular weight is 392 g/mol. The third-order valence-corrected chi connectivity index (χ3v) is 6.05. The molecule has 4 rings (SSSR count). The molecular weight excluding hydrogens is 372 g/mol. The van der Waals surface area contributed by atoms with Crippen LogP contribution in [-0.4, -0.2) is 24.0 Å². The van der Waals surface area contributed by atoms with Crippen LogP contribution in [0.25, 0.3) is 10.6 Å². The van der Waals surface area contributed by atoms with Crippen LogP contribution in [0.5, 0.6) is 0 Å². The van der Waals surface area contributed by atoms with Crippen LogP contribution in [0.2, 0.25) is 0 Å². The van der Waals surface area contributed by atoms with Gasteiger partial charge in [-0.2, -0.15) is 0 Å². The molecule has 0 saturated heterocycles. The molecule has 1 amide bonds. The number of benzene rings is 2. The fraction of sp³-hybridized carbons (Fsp3) is 0.227. The first kappa shape index (κ1) is 18.4. The summed E-state index contributed by atoms with van der Waals surface area (Å²) in [5, 5.41) is 3.95. The summed E-state index contributed by atoms with van der Waals surface area (Å²) in [6.07, 6.45) is 2.27. The maximum Gasteiger partial charge on any atom is 0.337 e. The summed E-state index contributed by atoms with van der Waals surface area (Å²) in [6, 6.07) is 16.9. The summed E-state index contributed by atoms with van der Waals surface area (Å²) in [4.78, 5) is 30.4. The number of hydrogen-bond donors (Lipinski definition) is 1. The summed E-state index contributed by atoms with van der Waals surface area (Å²) < 4.78 is 4.73. The van der Waals surface area contributed by atoms with Crippen LogP contribution in [0.1, 0.15) is 27.3 Å². The normalized spacial score (nSPS) is 15.5. The van der Waals surface area contributed by atoms with Crippen LogP contribution in [-0.2, 0) is 22.4 Å². The first-order chi connectivity index (χ1) is 13.6. The second kappa shape index (κ2) is 7.94. The number of fused-ring (bicyclic) bond motifs is 1. The molecule has 1 aliphatic rings. The molecule has 1 atom stereocenters. The molecular formula is C22H20N2O3S. The van der Waals surface area contributed by atoms with Crippen molar-refractivity contribution in [2.75, 3.05) is 12.4 Å². The Balaban J connectivity index is 1.46.